The molecule has 0 saturated heterocycles. The second-order valence-corrected chi connectivity index (χ2v) is 5.60. The fraction of sp³-hybridized carbons (Fsp3) is 0.250. The lowest BCUT2D eigenvalue weighted by Crippen LogP contribution is -2.00. The van der Waals surface area contributed by atoms with E-state index in [0.717, 1.165) is 10.6 Å². The molecule has 0 aromatic heterocycles. The van der Waals surface area contributed by atoms with Crippen LogP contribution in [-0.4, -0.2) is 0 Å². The molecule has 0 nitrogen and oxygen atoms in total. The van der Waals surface area contributed by atoms with Crippen molar-refractivity contribution in [3.05, 3.63) is 69.2 Å². The summed E-state index contributed by atoms with van der Waals surface area (Å²) < 4.78 is 0. The first-order valence-corrected chi connectivity index (χ1v) is 6.78. The zero-order valence-electron chi connectivity index (χ0n) is 10.8. The summed E-state index contributed by atoms with van der Waals surface area (Å²) in [6, 6.07) is 12.1. The largest absolute Gasteiger partial charge is 0.113 e. The molecule has 0 fully saturated rings. The van der Waals surface area contributed by atoms with Gasteiger partial charge < -0.3 is 0 Å². The Kier molecular flexibility index (Phi) is 3.99. The summed E-state index contributed by atoms with van der Waals surface area (Å²) in [6.07, 6.45) is 0. The molecule has 0 N–H and O–H groups in total. The average molecular weight is 279 g/mol. The molecule has 2 heteroatoms. The third kappa shape index (κ3) is 2.71. The molecule has 0 aliphatic rings. The van der Waals surface area contributed by atoms with Crippen molar-refractivity contribution in [3.8, 4) is 0 Å². The van der Waals surface area contributed by atoms with Gasteiger partial charge in [-0.2, -0.15) is 0 Å². The topological polar surface area (TPSA) is 0 Å². The van der Waals surface area contributed by atoms with Gasteiger partial charge in [0.05, 0.1) is 5.38 Å². The Labute approximate surface area is 119 Å². The lowest BCUT2D eigenvalue weighted by atomic mass is 9.94. The zero-order chi connectivity index (χ0) is 13.3. The highest BCUT2D eigenvalue weighted by Crippen LogP contribution is 2.34. The number of aryl methyl sites for hydroxylation is 3. The van der Waals surface area contributed by atoms with Gasteiger partial charge in [0.1, 0.15) is 0 Å². The Bertz CT molecular complexity index is 533. The van der Waals surface area contributed by atoms with Crippen molar-refractivity contribution >= 4 is 23.2 Å². The summed E-state index contributed by atoms with van der Waals surface area (Å²) in [5.74, 6) is 0. The summed E-state index contributed by atoms with van der Waals surface area (Å²) in [5, 5.41) is 0.614. The Morgan fingerprint density at radius 3 is 1.89 bits per heavy atom. The first kappa shape index (κ1) is 13.5. The molecule has 2 aromatic rings. The maximum atomic E-state index is 6.60. The van der Waals surface area contributed by atoms with Crippen LogP contribution in [0, 0.1) is 20.8 Å². The van der Waals surface area contributed by atoms with Crippen LogP contribution in [0.2, 0.25) is 5.02 Å². The SMILES string of the molecule is Cc1cc(C)c(C(Cl)c2ccc(Cl)cc2)c(C)c1. The minimum atomic E-state index is -0.122. The van der Waals surface area contributed by atoms with E-state index >= 15 is 0 Å². The highest BCUT2D eigenvalue weighted by Gasteiger charge is 2.15. The van der Waals surface area contributed by atoms with Crippen molar-refractivity contribution in [2.75, 3.05) is 0 Å². The van der Waals surface area contributed by atoms with E-state index in [9.17, 15) is 0 Å². The Morgan fingerprint density at radius 1 is 0.889 bits per heavy atom. The number of rotatable bonds is 2. The van der Waals surface area contributed by atoms with Gasteiger partial charge >= 0.3 is 0 Å². The van der Waals surface area contributed by atoms with Crippen LogP contribution >= 0.6 is 23.2 Å². The highest BCUT2D eigenvalue weighted by molar-refractivity contribution is 6.30. The molecule has 0 bridgehead atoms. The van der Waals surface area contributed by atoms with E-state index in [4.69, 9.17) is 23.2 Å². The van der Waals surface area contributed by atoms with E-state index in [1.807, 2.05) is 24.3 Å². The van der Waals surface area contributed by atoms with Crippen molar-refractivity contribution in [1.82, 2.24) is 0 Å². The van der Waals surface area contributed by atoms with Crippen LogP contribution in [0.15, 0.2) is 36.4 Å². The van der Waals surface area contributed by atoms with Crippen LogP contribution in [0.4, 0.5) is 0 Å². The van der Waals surface area contributed by atoms with Gasteiger partial charge in [0.15, 0.2) is 0 Å². The standard InChI is InChI=1S/C16H16Cl2/c1-10-8-11(2)15(12(3)9-10)16(18)13-4-6-14(17)7-5-13/h4-9,16H,1-3H3. The van der Waals surface area contributed by atoms with Crippen LogP contribution in [-0.2, 0) is 0 Å². The lowest BCUT2D eigenvalue weighted by Gasteiger charge is -2.17. The highest BCUT2D eigenvalue weighted by atomic mass is 35.5. The lowest BCUT2D eigenvalue weighted by molar-refractivity contribution is 1.07. The zero-order valence-corrected chi connectivity index (χ0v) is 12.3. The smallest absolute Gasteiger partial charge is 0.0840 e. The van der Waals surface area contributed by atoms with Crippen LogP contribution in [0.3, 0.4) is 0 Å². The van der Waals surface area contributed by atoms with Crippen LogP contribution in [0.5, 0.6) is 0 Å². The molecule has 0 aliphatic heterocycles. The quantitative estimate of drug-likeness (QED) is 0.628. The van der Waals surface area contributed by atoms with Gasteiger partial charge in [0, 0.05) is 5.02 Å². The van der Waals surface area contributed by atoms with Crippen LogP contribution in [0.1, 0.15) is 33.2 Å². The third-order valence-electron chi connectivity index (χ3n) is 3.15. The Balaban J connectivity index is 2.46. The van der Waals surface area contributed by atoms with Crippen molar-refractivity contribution < 1.29 is 0 Å². The Hall–Kier alpha value is -0.980. The van der Waals surface area contributed by atoms with Gasteiger partial charge in [0.2, 0.25) is 0 Å². The van der Waals surface area contributed by atoms with Gasteiger partial charge in [-0.3, -0.25) is 0 Å². The molecular weight excluding hydrogens is 263 g/mol. The summed E-state index contributed by atoms with van der Waals surface area (Å²) in [4.78, 5) is 0. The van der Waals surface area contributed by atoms with Crippen molar-refractivity contribution in [3.63, 3.8) is 0 Å². The fourth-order valence-corrected chi connectivity index (χ4v) is 3.01. The number of benzene rings is 2. The molecule has 2 aromatic carbocycles. The molecule has 1 unspecified atom stereocenters. The van der Waals surface area contributed by atoms with Gasteiger partial charge in [0.25, 0.3) is 0 Å². The predicted octanol–water partition coefficient (Wildman–Crippen LogP) is 5.59. The molecule has 0 radical (unpaired) electrons. The third-order valence-corrected chi connectivity index (χ3v) is 3.88. The summed E-state index contributed by atoms with van der Waals surface area (Å²) in [5.41, 5.74) is 6.03. The first-order valence-electron chi connectivity index (χ1n) is 5.96. The molecule has 0 spiro atoms. The second-order valence-electron chi connectivity index (χ2n) is 4.73. The molecule has 1 atom stereocenters. The van der Waals surface area contributed by atoms with Gasteiger partial charge in [-0.05, 0) is 55.2 Å². The first-order chi connectivity index (χ1) is 8.49. The fourth-order valence-electron chi connectivity index (χ4n) is 2.39. The number of alkyl halides is 1. The number of hydrogen-bond donors (Lipinski definition) is 0. The van der Waals surface area contributed by atoms with E-state index in [1.54, 1.807) is 0 Å². The molecule has 0 heterocycles. The predicted molar refractivity (Wildman–Crippen MR) is 79.8 cm³/mol. The van der Waals surface area contributed by atoms with Crippen LogP contribution in [0.25, 0.3) is 0 Å². The van der Waals surface area contributed by atoms with E-state index in [-0.39, 0.29) is 5.38 Å². The van der Waals surface area contributed by atoms with Gasteiger partial charge in [-0.15, -0.1) is 11.6 Å². The number of halogens is 2. The molecule has 0 amide bonds. The normalized spacial score (nSPS) is 12.5. The minimum absolute atomic E-state index is 0.122. The molecule has 2 rings (SSSR count). The van der Waals surface area contributed by atoms with Crippen LogP contribution < -0.4 is 0 Å². The van der Waals surface area contributed by atoms with E-state index in [1.165, 1.54) is 22.3 Å². The van der Waals surface area contributed by atoms with E-state index < -0.39 is 0 Å². The maximum Gasteiger partial charge on any atom is 0.0840 e. The molecule has 18 heavy (non-hydrogen) atoms. The molecule has 0 saturated carbocycles. The minimum Gasteiger partial charge on any atom is -0.113 e. The van der Waals surface area contributed by atoms with Gasteiger partial charge in [-0.25, -0.2) is 0 Å². The van der Waals surface area contributed by atoms with Crippen molar-refractivity contribution in [2.45, 2.75) is 26.1 Å². The van der Waals surface area contributed by atoms with Gasteiger partial charge in [-0.1, -0.05) is 41.4 Å². The van der Waals surface area contributed by atoms with E-state index in [2.05, 4.69) is 32.9 Å². The average Bonchev–Trinajstić information content (AvgIpc) is 2.28. The summed E-state index contributed by atoms with van der Waals surface area (Å²) in [6.45, 7) is 6.33. The second kappa shape index (κ2) is 5.34. The summed E-state index contributed by atoms with van der Waals surface area (Å²) in [7, 11) is 0. The summed E-state index contributed by atoms with van der Waals surface area (Å²) >= 11 is 12.5. The molecular formula is C16H16Cl2. The van der Waals surface area contributed by atoms with Crippen molar-refractivity contribution in [1.29, 1.82) is 0 Å². The monoisotopic (exact) mass is 278 g/mol. The maximum absolute atomic E-state index is 6.60. The van der Waals surface area contributed by atoms with Crippen molar-refractivity contribution in [2.24, 2.45) is 0 Å². The Morgan fingerprint density at radius 2 is 1.39 bits per heavy atom. The molecule has 0 aliphatic carbocycles. The van der Waals surface area contributed by atoms with E-state index in [0.29, 0.717) is 0 Å². The molecule has 94 valence electrons. The number of hydrogen-bond acceptors (Lipinski definition) is 0.